The van der Waals surface area contributed by atoms with E-state index in [2.05, 4.69) is 49.4 Å². The number of hydrogen-bond acceptors (Lipinski definition) is 1. The number of fused-ring (bicyclic) bond motifs is 1. The Morgan fingerprint density at radius 3 is 2.21 bits per heavy atom. The number of benzene rings is 3. The molecule has 19 heavy (non-hydrogen) atoms. The van der Waals surface area contributed by atoms with Crippen molar-refractivity contribution in [3.8, 4) is 5.75 Å². The third-order valence-corrected chi connectivity index (χ3v) is 3.65. The van der Waals surface area contributed by atoms with Crippen LogP contribution in [0.1, 0.15) is 24.0 Å². The Morgan fingerprint density at radius 2 is 1.42 bits per heavy atom. The number of rotatable bonds is 2. The van der Waals surface area contributed by atoms with Crippen LogP contribution >= 0.6 is 0 Å². The average Bonchev–Trinajstić information content (AvgIpc) is 2.47. The Kier molecular flexibility index (Phi) is 2.96. The second-order valence-corrected chi connectivity index (χ2v) is 4.92. The van der Waals surface area contributed by atoms with Gasteiger partial charge in [-0.05, 0) is 34.0 Å². The summed E-state index contributed by atoms with van der Waals surface area (Å²) in [5.41, 5.74) is 2.62. The molecule has 1 N–H and O–H groups in total. The Morgan fingerprint density at radius 1 is 0.737 bits per heavy atom. The van der Waals surface area contributed by atoms with Gasteiger partial charge in [-0.3, -0.25) is 0 Å². The second kappa shape index (κ2) is 4.77. The number of aromatic hydroxyl groups is 1. The van der Waals surface area contributed by atoms with Crippen LogP contribution in [0, 0.1) is 0 Å². The van der Waals surface area contributed by atoms with Gasteiger partial charge in [0.15, 0.2) is 0 Å². The molecular weight excluding hydrogens is 232 g/mol. The van der Waals surface area contributed by atoms with E-state index in [0.29, 0.717) is 11.7 Å². The molecule has 0 amide bonds. The van der Waals surface area contributed by atoms with Gasteiger partial charge in [-0.15, -0.1) is 0 Å². The molecule has 3 aromatic rings. The first-order chi connectivity index (χ1) is 9.24. The fraction of sp³-hybridized carbons (Fsp3) is 0.111. The molecule has 3 aromatic carbocycles. The van der Waals surface area contributed by atoms with Crippen molar-refractivity contribution >= 4 is 10.8 Å². The quantitative estimate of drug-likeness (QED) is 0.697. The maximum atomic E-state index is 9.49. The highest BCUT2D eigenvalue weighted by molar-refractivity contribution is 5.84. The second-order valence-electron chi connectivity index (χ2n) is 4.92. The molecule has 0 saturated heterocycles. The van der Waals surface area contributed by atoms with Crippen molar-refractivity contribution < 1.29 is 5.11 Å². The van der Waals surface area contributed by atoms with Crippen molar-refractivity contribution in [1.82, 2.24) is 0 Å². The first-order valence-electron chi connectivity index (χ1n) is 6.52. The van der Waals surface area contributed by atoms with Crippen molar-refractivity contribution in [3.05, 3.63) is 77.9 Å². The molecule has 0 aromatic heterocycles. The van der Waals surface area contributed by atoms with Gasteiger partial charge in [0.05, 0.1) is 0 Å². The van der Waals surface area contributed by atoms with Crippen LogP contribution in [0.4, 0.5) is 0 Å². The zero-order chi connectivity index (χ0) is 13.2. The smallest absolute Gasteiger partial charge is 0.116 e. The lowest BCUT2D eigenvalue weighted by Gasteiger charge is -2.13. The predicted octanol–water partition coefficient (Wildman–Crippen LogP) is 4.70. The molecule has 0 aliphatic heterocycles. The summed E-state index contributed by atoms with van der Waals surface area (Å²) >= 11 is 0. The highest BCUT2D eigenvalue weighted by Gasteiger charge is 2.08. The van der Waals surface area contributed by atoms with E-state index in [1.165, 1.54) is 11.1 Å². The van der Waals surface area contributed by atoms with Crippen molar-refractivity contribution in [2.24, 2.45) is 0 Å². The summed E-state index contributed by atoms with van der Waals surface area (Å²) in [5.74, 6) is 0.691. The Balaban J connectivity index is 2.04. The molecule has 1 nitrogen and oxygen atoms in total. The van der Waals surface area contributed by atoms with Gasteiger partial charge >= 0.3 is 0 Å². The first kappa shape index (κ1) is 11.8. The summed E-state index contributed by atoms with van der Waals surface area (Å²) in [4.78, 5) is 0. The fourth-order valence-corrected chi connectivity index (χ4v) is 2.46. The number of phenolic OH excluding ortho intramolecular Hbond substituents is 1. The zero-order valence-corrected chi connectivity index (χ0v) is 10.9. The minimum atomic E-state index is 0.316. The van der Waals surface area contributed by atoms with Gasteiger partial charge in [-0.2, -0.15) is 0 Å². The average molecular weight is 248 g/mol. The molecule has 0 bridgehead atoms. The Bertz CT molecular complexity index is 701. The van der Waals surface area contributed by atoms with E-state index in [1.54, 1.807) is 12.1 Å². The maximum absolute atomic E-state index is 9.49. The number of phenols is 1. The van der Waals surface area contributed by atoms with Gasteiger partial charge in [0.2, 0.25) is 0 Å². The van der Waals surface area contributed by atoms with Crippen molar-refractivity contribution in [1.29, 1.82) is 0 Å². The van der Waals surface area contributed by atoms with Crippen LogP contribution in [-0.4, -0.2) is 5.11 Å². The van der Waals surface area contributed by atoms with Gasteiger partial charge in [0.25, 0.3) is 0 Å². The summed E-state index contributed by atoms with van der Waals surface area (Å²) in [6.45, 7) is 2.22. The highest BCUT2D eigenvalue weighted by Crippen LogP contribution is 2.28. The van der Waals surface area contributed by atoms with Crippen molar-refractivity contribution in [2.45, 2.75) is 12.8 Å². The standard InChI is InChI=1S/C18H16O/c1-13(14-5-3-2-4-6-14)15-7-8-17-12-18(19)10-9-16(17)11-15/h2-13,19H,1H3. The van der Waals surface area contributed by atoms with Crippen LogP contribution in [0.15, 0.2) is 66.7 Å². The van der Waals surface area contributed by atoms with Crippen LogP contribution in [0.25, 0.3) is 10.8 Å². The molecule has 0 heterocycles. The van der Waals surface area contributed by atoms with E-state index in [0.717, 1.165) is 10.8 Å². The topological polar surface area (TPSA) is 20.2 Å². The number of hydrogen-bond donors (Lipinski definition) is 1. The lowest BCUT2D eigenvalue weighted by Crippen LogP contribution is -1.95. The normalized spacial score (nSPS) is 12.5. The molecule has 0 radical (unpaired) electrons. The third kappa shape index (κ3) is 2.32. The largest absolute Gasteiger partial charge is 0.508 e. The molecule has 0 aliphatic carbocycles. The predicted molar refractivity (Wildman–Crippen MR) is 79.6 cm³/mol. The first-order valence-corrected chi connectivity index (χ1v) is 6.52. The van der Waals surface area contributed by atoms with Gasteiger partial charge in [0, 0.05) is 5.92 Å². The van der Waals surface area contributed by atoms with Crippen LogP contribution < -0.4 is 0 Å². The van der Waals surface area contributed by atoms with E-state index in [4.69, 9.17) is 0 Å². The van der Waals surface area contributed by atoms with Crippen molar-refractivity contribution in [3.63, 3.8) is 0 Å². The van der Waals surface area contributed by atoms with E-state index < -0.39 is 0 Å². The monoisotopic (exact) mass is 248 g/mol. The van der Waals surface area contributed by atoms with Crippen molar-refractivity contribution in [2.75, 3.05) is 0 Å². The molecule has 1 heteroatoms. The molecular formula is C18H16O. The van der Waals surface area contributed by atoms with Gasteiger partial charge in [0.1, 0.15) is 5.75 Å². The maximum Gasteiger partial charge on any atom is 0.116 e. The van der Waals surface area contributed by atoms with E-state index in [9.17, 15) is 5.11 Å². The van der Waals surface area contributed by atoms with Crippen LogP contribution in [0.3, 0.4) is 0 Å². The summed E-state index contributed by atoms with van der Waals surface area (Å²) in [7, 11) is 0. The molecule has 0 aliphatic rings. The molecule has 1 unspecified atom stereocenters. The molecule has 3 rings (SSSR count). The molecule has 94 valence electrons. The van der Waals surface area contributed by atoms with Gasteiger partial charge in [-0.1, -0.05) is 61.5 Å². The Labute approximate surface area is 113 Å². The minimum absolute atomic E-state index is 0.316. The lowest BCUT2D eigenvalue weighted by molar-refractivity contribution is 0.476. The third-order valence-electron chi connectivity index (χ3n) is 3.65. The summed E-state index contributed by atoms with van der Waals surface area (Å²) < 4.78 is 0. The fourth-order valence-electron chi connectivity index (χ4n) is 2.46. The summed E-state index contributed by atoms with van der Waals surface area (Å²) in [5, 5.41) is 11.7. The highest BCUT2D eigenvalue weighted by atomic mass is 16.3. The molecule has 0 spiro atoms. The summed E-state index contributed by atoms with van der Waals surface area (Å²) in [6.07, 6.45) is 0. The van der Waals surface area contributed by atoms with E-state index >= 15 is 0 Å². The minimum Gasteiger partial charge on any atom is -0.508 e. The van der Waals surface area contributed by atoms with E-state index in [-0.39, 0.29) is 0 Å². The molecule has 0 fully saturated rings. The molecule has 0 saturated carbocycles. The van der Waals surface area contributed by atoms with Crippen LogP contribution in [0.5, 0.6) is 5.75 Å². The van der Waals surface area contributed by atoms with Crippen LogP contribution in [0.2, 0.25) is 0 Å². The Hall–Kier alpha value is -2.28. The van der Waals surface area contributed by atoms with Crippen LogP contribution in [-0.2, 0) is 0 Å². The lowest BCUT2D eigenvalue weighted by atomic mass is 9.91. The van der Waals surface area contributed by atoms with Gasteiger partial charge < -0.3 is 5.11 Å². The zero-order valence-electron chi connectivity index (χ0n) is 10.9. The molecule has 1 atom stereocenters. The van der Waals surface area contributed by atoms with Gasteiger partial charge in [-0.25, -0.2) is 0 Å². The van der Waals surface area contributed by atoms with E-state index in [1.807, 2.05) is 12.1 Å². The SMILES string of the molecule is CC(c1ccccc1)c1ccc2cc(O)ccc2c1. The summed E-state index contributed by atoms with van der Waals surface area (Å²) in [6, 6.07) is 22.4.